The number of halogens is 1. The second-order valence-corrected chi connectivity index (χ2v) is 5.39. The van der Waals surface area contributed by atoms with Crippen molar-refractivity contribution in [3.05, 3.63) is 20.8 Å². The summed E-state index contributed by atoms with van der Waals surface area (Å²) < 4.78 is 1.17. The summed E-state index contributed by atoms with van der Waals surface area (Å²) in [6.07, 6.45) is 0. The zero-order chi connectivity index (χ0) is 9.26. The Morgan fingerprint density at radius 1 is 1.62 bits per heavy atom. The summed E-state index contributed by atoms with van der Waals surface area (Å²) >= 11 is 5.22. The SMILES string of the molecule is OCC1CN(Cc2cc(Br)cs2)C1. The zero-order valence-electron chi connectivity index (χ0n) is 7.24. The highest BCUT2D eigenvalue weighted by Gasteiger charge is 2.25. The highest BCUT2D eigenvalue weighted by Crippen LogP contribution is 2.24. The smallest absolute Gasteiger partial charge is 0.0483 e. The van der Waals surface area contributed by atoms with Crippen LogP contribution < -0.4 is 0 Å². The summed E-state index contributed by atoms with van der Waals surface area (Å²) in [7, 11) is 0. The van der Waals surface area contributed by atoms with Crippen LogP contribution in [0.15, 0.2) is 15.9 Å². The van der Waals surface area contributed by atoms with E-state index in [1.165, 1.54) is 9.35 Å². The van der Waals surface area contributed by atoms with Gasteiger partial charge in [0, 0.05) is 46.9 Å². The van der Waals surface area contributed by atoms with Crippen LogP contribution in [-0.4, -0.2) is 29.7 Å². The van der Waals surface area contributed by atoms with Crippen molar-refractivity contribution in [2.24, 2.45) is 5.92 Å². The molecule has 1 aromatic heterocycles. The Morgan fingerprint density at radius 2 is 2.38 bits per heavy atom. The third-order valence-electron chi connectivity index (χ3n) is 2.29. The highest BCUT2D eigenvalue weighted by molar-refractivity contribution is 9.10. The van der Waals surface area contributed by atoms with Crippen LogP contribution in [0.4, 0.5) is 0 Å². The summed E-state index contributed by atoms with van der Waals surface area (Å²) in [4.78, 5) is 3.75. The van der Waals surface area contributed by atoms with E-state index in [2.05, 4.69) is 32.3 Å². The minimum Gasteiger partial charge on any atom is -0.396 e. The Bertz CT molecular complexity index is 283. The topological polar surface area (TPSA) is 23.5 Å². The molecule has 1 saturated heterocycles. The van der Waals surface area contributed by atoms with E-state index in [9.17, 15) is 0 Å². The van der Waals surface area contributed by atoms with Crippen molar-refractivity contribution in [3.63, 3.8) is 0 Å². The summed E-state index contributed by atoms with van der Waals surface area (Å²) in [5.41, 5.74) is 0. The van der Waals surface area contributed by atoms with Crippen molar-refractivity contribution in [3.8, 4) is 0 Å². The third-order valence-corrected chi connectivity index (χ3v) is 3.97. The number of rotatable bonds is 3. The van der Waals surface area contributed by atoms with Gasteiger partial charge in [-0.05, 0) is 22.0 Å². The van der Waals surface area contributed by atoms with Gasteiger partial charge in [-0.2, -0.15) is 0 Å². The number of hydrogen-bond donors (Lipinski definition) is 1. The Morgan fingerprint density at radius 3 is 2.92 bits per heavy atom. The standard InChI is InChI=1S/C9H12BrNOS/c10-8-1-9(13-6-8)4-11-2-7(3-11)5-12/h1,6-7,12H,2-5H2. The van der Waals surface area contributed by atoms with E-state index in [4.69, 9.17) is 5.11 Å². The third kappa shape index (κ3) is 2.31. The van der Waals surface area contributed by atoms with E-state index < -0.39 is 0 Å². The zero-order valence-corrected chi connectivity index (χ0v) is 9.64. The first-order chi connectivity index (χ1) is 6.28. The molecule has 4 heteroatoms. The maximum absolute atomic E-state index is 8.84. The second-order valence-electron chi connectivity index (χ2n) is 3.47. The number of aliphatic hydroxyl groups is 1. The number of nitrogens with zero attached hydrogens (tertiary/aromatic N) is 1. The predicted octanol–water partition coefficient (Wildman–Crippen LogP) is 1.93. The van der Waals surface area contributed by atoms with Crippen molar-refractivity contribution in [2.45, 2.75) is 6.54 Å². The predicted molar refractivity (Wildman–Crippen MR) is 57.9 cm³/mol. The Hall–Kier alpha value is 0.1000. The Kier molecular flexibility index (Phi) is 3.03. The quantitative estimate of drug-likeness (QED) is 0.899. The molecule has 1 aliphatic rings. The van der Waals surface area contributed by atoms with Crippen molar-refractivity contribution in [1.82, 2.24) is 4.90 Å². The lowest BCUT2D eigenvalue weighted by Crippen LogP contribution is -2.47. The van der Waals surface area contributed by atoms with Gasteiger partial charge in [0.15, 0.2) is 0 Å². The van der Waals surface area contributed by atoms with Crippen LogP contribution in [0.3, 0.4) is 0 Å². The largest absolute Gasteiger partial charge is 0.396 e. The van der Waals surface area contributed by atoms with Crippen LogP contribution in [0.1, 0.15) is 4.88 Å². The van der Waals surface area contributed by atoms with Crippen LogP contribution >= 0.6 is 27.3 Å². The number of aliphatic hydroxyl groups excluding tert-OH is 1. The van der Waals surface area contributed by atoms with Crippen LogP contribution in [0.25, 0.3) is 0 Å². The van der Waals surface area contributed by atoms with Crippen molar-refractivity contribution < 1.29 is 5.11 Å². The first kappa shape index (κ1) is 9.65. The molecule has 1 fully saturated rings. The van der Waals surface area contributed by atoms with Crippen molar-refractivity contribution in [1.29, 1.82) is 0 Å². The maximum atomic E-state index is 8.84. The Labute approximate surface area is 90.3 Å². The minimum atomic E-state index is 0.338. The second kappa shape index (κ2) is 4.09. The summed E-state index contributed by atoms with van der Waals surface area (Å²) in [6.45, 7) is 3.47. The van der Waals surface area contributed by atoms with E-state index in [-0.39, 0.29) is 0 Å². The van der Waals surface area contributed by atoms with Crippen LogP contribution in [0.5, 0.6) is 0 Å². The molecule has 2 heterocycles. The maximum Gasteiger partial charge on any atom is 0.0483 e. The van der Waals surface area contributed by atoms with E-state index in [1.807, 2.05) is 0 Å². The van der Waals surface area contributed by atoms with Gasteiger partial charge < -0.3 is 5.11 Å². The molecule has 72 valence electrons. The lowest BCUT2D eigenvalue weighted by atomic mass is 10.0. The number of likely N-dealkylation sites (tertiary alicyclic amines) is 1. The first-order valence-corrected chi connectivity index (χ1v) is 6.01. The van der Waals surface area contributed by atoms with E-state index >= 15 is 0 Å². The van der Waals surface area contributed by atoms with Gasteiger partial charge >= 0.3 is 0 Å². The minimum absolute atomic E-state index is 0.338. The van der Waals surface area contributed by atoms with Gasteiger partial charge in [0.1, 0.15) is 0 Å². The van der Waals surface area contributed by atoms with Gasteiger partial charge in [-0.1, -0.05) is 0 Å². The molecule has 1 aromatic rings. The lowest BCUT2D eigenvalue weighted by Gasteiger charge is -2.37. The number of hydrogen-bond acceptors (Lipinski definition) is 3. The molecule has 0 atom stereocenters. The molecule has 2 rings (SSSR count). The van der Waals surface area contributed by atoms with E-state index in [1.54, 1.807) is 11.3 Å². The summed E-state index contributed by atoms with van der Waals surface area (Å²) in [6, 6.07) is 2.16. The fourth-order valence-corrected chi connectivity index (χ4v) is 3.07. The molecule has 0 amide bonds. The molecule has 0 radical (unpaired) electrons. The van der Waals surface area contributed by atoms with Gasteiger partial charge in [0.2, 0.25) is 0 Å². The monoisotopic (exact) mass is 261 g/mol. The molecule has 0 aliphatic carbocycles. The molecule has 0 spiro atoms. The fraction of sp³-hybridized carbons (Fsp3) is 0.556. The first-order valence-electron chi connectivity index (χ1n) is 4.34. The summed E-state index contributed by atoms with van der Waals surface area (Å²) in [5.74, 6) is 0.517. The van der Waals surface area contributed by atoms with Gasteiger partial charge in [0.05, 0.1) is 0 Å². The van der Waals surface area contributed by atoms with Crippen LogP contribution in [-0.2, 0) is 6.54 Å². The van der Waals surface area contributed by atoms with Crippen molar-refractivity contribution in [2.75, 3.05) is 19.7 Å². The molecule has 0 saturated carbocycles. The van der Waals surface area contributed by atoms with E-state index in [0.717, 1.165) is 19.6 Å². The normalized spacial score (nSPS) is 18.9. The van der Waals surface area contributed by atoms with Crippen molar-refractivity contribution >= 4 is 27.3 Å². The fourth-order valence-electron chi connectivity index (χ4n) is 1.58. The average Bonchev–Trinajstić information content (AvgIpc) is 2.43. The van der Waals surface area contributed by atoms with Crippen LogP contribution in [0, 0.1) is 5.92 Å². The van der Waals surface area contributed by atoms with Gasteiger partial charge in [-0.25, -0.2) is 0 Å². The molecule has 0 bridgehead atoms. The molecular formula is C9H12BrNOS. The molecule has 1 N–H and O–H groups in total. The van der Waals surface area contributed by atoms with Gasteiger partial charge in [-0.3, -0.25) is 4.90 Å². The molecule has 0 unspecified atom stereocenters. The molecule has 0 aromatic carbocycles. The van der Waals surface area contributed by atoms with E-state index in [0.29, 0.717) is 12.5 Å². The molecule has 1 aliphatic heterocycles. The average molecular weight is 262 g/mol. The molecular weight excluding hydrogens is 250 g/mol. The van der Waals surface area contributed by atoms with Gasteiger partial charge in [-0.15, -0.1) is 11.3 Å². The number of thiophene rings is 1. The van der Waals surface area contributed by atoms with Gasteiger partial charge in [0.25, 0.3) is 0 Å². The Balaban J connectivity index is 1.81. The lowest BCUT2D eigenvalue weighted by molar-refractivity contribution is 0.0487. The summed E-state index contributed by atoms with van der Waals surface area (Å²) in [5, 5.41) is 11.0. The highest BCUT2D eigenvalue weighted by atomic mass is 79.9. The molecule has 13 heavy (non-hydrogen) atoms. The molecule has 2 nitrogen and oxygen atoms in total. The van der Waals surface area contributed by atoms with Crippen LogP contribution in [0.2, 0.25) is 0 Å².